The summed E-state index contributed by atoms with van der Waals surface area (Å²) in [6, 6.07) is 19.4. The number of ketones is 1. The van der Waals surface area contributed by atoms with Crippen molar-refractivity contribution in [2.75, 3.05) is 29.9 Å². The number of Topliss-reactive ketones (excluding diaryl/α,β-unsaturated/α-hetero) is 1. The van der Waals surface area contributed by atoms with E-state index < -0.39 is 12.0 Å². The third-order valence-electron chi connectivity index (χ3n) is 6.29. The van der Waals surface area contributed by atoms with Gasteiger partial charge in [0.15, 0.2) is 5.78 Å². The molecule has 1 aliphatic rings. The van der Waals surface area contributed by atoms with Gasteiger partial charge in [-0.05, 0) is 55.0 Å². The Morgan fingerprint density at radius 1 is 1.00 bits per heavy atom. The fraction of sp³-hybridized carbons (Fsp3) is 0.214. The van der Waals surface area contributed by atoms with Crippen LogP contribution in [0.25, 0.3) is 0 Å². The van der Waals surface area contributed by atoms with E-state index in [-0.39, 0.29) is 36.3 Å². The Balaban J connectivity index is 1.56. The van der Waals surface area contributed by atoms with Crippen molar-refractivity contribution >= 4 is 46.5 Å². The quantitative estimate of drug-likeness (QED) is 0.433. The number of rotatable bonds is 8. The molecule has 190 valence electrons. The van der Waals surface area contributed by atoms with Crippen LogP contribution in [0.5, 0.6) is 0 Å². The molecule has 2 N–H and O–H groups in total. The number of carboxylic acids is 1. The maximum absolute atomic E-state index is 13.4. The lowest BCUT2D eigenvalue weighted by atomic mass is 10.0. The zero-order chi connectivity index (χ0) is 26.5. The van der Waals surface area contributed by atoms with Gasteiger partial charge in [-0.1, -0.05) is 41.9 Å². The van der Waals surface area contributed by atoms with Crippen LogP contribution in [0.2, 0.25) is 5.02 Å². The van der Waals surface area contributed by atoms with Crippen molar-refractivity contribution in [3.05, 3.63) is 94.5 Å². The minimum Gasteiger partial charge on any atom is -0.478 e. The van der Waals surface area contributed by atoms with Gasteiger partial charge in [0.2, 0.25) is 11.8 Å². The van der Waals surface area contributed by atoms with E-state index in [4.69, 9.17) is 16.7 Å². The first kappa shape index (κ1) is 25.9. The number of hydrogen-bond acceptors (Lipinski definition) is 5. The number of carbonyl (C=O) groups is 4. The molecule has 3 aromatic rings. The molecular formula is C28H26ClN3O5. The van der Waals surface area contributed by atoms with E-state index in [0.29, 0.717) is 34.9 Å². The summed E-state index contributed by atoms with van der Waals surface area (Å²) in [7, 11) is 0. The zero-order valence-corrected chi connectivity index (χ0v) is 20.9. The molecular weight excluding hydrogens is 494 g/mol. The maximum Gasteiger partial charge on any atom is 0.335 e. The number of amides is 2. The minimum atomic E-state index is -1.06. The largest absolute Gasteiger partial charge is 0.478 e. The van der Waals surface area contributed by atoms with E-state index in [9.17, 15) is 19.2 Å². The molecule has 1 heterocycles. The monoisotopic (exact) mass is 519 g/mol. The second-order valence-electron chi connectivity index (χ2n) is 8.80. The summed E-state index contributed by atoms with van der Waals surface area (Å²) in [6.45, 7) is 2.14. The lowest BCUT2D eigenvalue weighted by Gasteiger charge is -2.40. The molecule has 1 atom stereocenters. The smallest absolute Gasteiger partial charge is 0.335 e. The van der Waals surface area contributed by atoms with Gasteiger partial charge in [0.1, 0.15) is 6.04 Å². The highest BCUT2D eigenvalue weighted by molar-refractivity contribution is 6.31. The van der Waals surface area contributed by atoms with Crippen LogP contribution in [0.3, 0.4) is 0 Å². The number of hydrogen-bond donors (Lipinski definition) is 2. The Bertz CT molecular complexity index is 1330. The standard InChI is InChI=1S/C28H26ClN3O5/c1-18(33)23-12-9-21(29)16-24(23)31-13-14-32(26(34)17-31)25(15-19-5-3-2-4-6-19)27(35)30-22-10-7-20(8-11-22)28(36)37/h2-12,16,25H,13-15,17H2,1H3,(H,30,35)(H,36,37). The molecule has 0 aromatic heterocycles. The number of halogens is 1. The summed E-state index contributed by atoms with van der Waals surface area (Å²) >= 11 is 6.17. The maximum atomic E-state index is 13.4. The van der Waals surface area contributed by atoms with E-state index in [1.807, 2.05) is 35.2 Å². The van der Waals surface area contributed by atoms with Crippen LogP contribution in [-0.2, 0) is 16.0 Å². The predicted octanol–water partition coefficient (Wildman–Crippen LogP) is 4.14. The summed E-state index contributed by atoms with van der Waals surface area (Å²) in [4.78, 5) is 53.4. The van der Waals surface area contributed by atoms with Crippen molar-refractivity contribution in [1.29, 1.82) is 0 Å². The molecule has 0 bridgehead atoms. The zero-order valence-electron chi connectivity index (χ0n) is 20.2. The molecule has 8 nitrogen and oxygen atoms in total. The molecule has 0 saturated carbocycles. The van der Waals surface area contributed by atoms with Crippen molar-refractivity contribution < 1.29 is 24.3 Å². The first-order valence-electron chi connectivity index (χ1n) is 11.8. The van der Waals surface area contributed by atoms with Crippen LogP contribution < -0.4 is 10.2 Å². The summed E-state index contributed by atoms with van der Waals surface area (Å²) < 4.78 is 0. The van der Waals surface area contributed by atoms with Crippen molar-refractivity contribution in [1.82, 2.24) is 4.90 Å². The molecule has 0 spiro atoms. The van der Waals surface area contributed by atoms with Crippen molar-refractivity contribution in [2.24, 2.45) is 0 Å². The number of piperazine rings is 1. The molecule has 1 unspecified atom stereocenters. The highest BCUT2D eigenvalue weighted by Crippen LogP contribution is 2.27. The summed E-state index contributed by atoms with van der Waals surface area (Å²) in [5.74, 6) is -1.81. The Morgan fingerprint density at radius 3 is 2.32 bits per heavy atom. The van der Waals surface area contributed by atoms with E-state index in [0.717, 1.165) is 5.56 Å². The fourth-order valence-electron chi connectivity index (χ4n) is 4.39. The highest BCUT2D eigenvalue weighted by Gasteiger charge is 2.35. The molecule has 3 aromatic carbocycles. The van der Waals surface area contributed by atoms with Gasteiger partial charge in [0.25, 0.3) is 0 Å². The van der Waals surface area contributed by atoms with Crippen LogP contribution in [0.1, 0.15) is 33.2 Å². The van der Waals surface area contributed by atoms with Crippen molar-refractivity contribution in [3.63, 3.8) is 0 Å². The molecule has 4 rings (SSSR count). The lowest BCUT2D eigenvalue weighted by molar-refractivity contribution is -0.138. The van der Waals surface area contributed by atoms with Crippen LogP contribution >= 0.6 is 11.6 Å². The Labute approximate surface area is 219 Å². The number of benzene rings is 3. The van der Waals surface area contributed by atoms with E-state index >= 15 is 0 Å². The number of carboxylic acid groups (broad SMARTS) is 1. The first-order valence-corrected chi connectivity index (χ1v) is 12.1. The van der Waals surface area contributed by atoms with Gasteiger partial charge in [-0.25, -0.2) is 4.79 Å². The van der Waals surface area contributed by atoms with Crippen LogP contribution in [0, 0.1) is 0 Å². The summed E-state index contributed by atoms with van der Waals surface area (Å²) in [6.07, 6.45) is 0.307. The second kappa shape index (κ2) is 11.3. The number of carbonyl (C=O) groups excluding carboxylic acids is 3. The highest BCUT2D eigenvalue weighted by atomic mass is 35.5. The normalized spacial score (nSPS) is 14.3. The Hall–Kier alpha value is -4.17. The van der Waals surface area contributed by atoms with E-state index in [1.54, 1.807) is 23.1 Å². The molecule has 1 saturated heterocycles. The summed E-state index contributed by atoms with van der Waals surface area (Å²) in [5.41, 5.74) is 2.51. The average Bonchev–Trinajstić information content (AvgIpc) is 2.88. The molecule has 9 heteroatoms. The third-order valence-corrected chi connectivity index (χ3v) is 6.52. The van der Waals surface area contributed by atoms with Crippen LogP contribution in [-0.4, -0.2) is 59.2 Å². The first-order chi connectivity index (χ1) is 17.7. The van der Waals surface area contributed by atoms with E-state index in [1.165, 1.54) is 31.2 Å². The van der Waals surface area contributed by atoms with Gasteiger partial charge in [-0.2, -0.15) is 0 Å². The molecule has 1 aliphatic heterocycles. The van der Waals surface area contributed by atoms with Gasteiger partial charge in [-0.3, -0.25) is 14.4 Å². The van der Waals surface area contributed by atoms with Gasteiger partial charge in [0, 0.05) is 41.5 Å². The van der Waals surface area contributed by atoms with Crippen LogP contribution in [0.4, 0.5) is 11.4 Å². The van der Waals surface area contributed by atoms with Gasteiger partial charge in [0.05, 0.1) is 12.1 Å². The van der Waals surface area contributed by atoms with Gasteiger partial charge >= 0.3 is 5.97 Å². The minimum absolute atomic E-state index is 0.00744. The molecule has 1 fully saturated rings. The fourth-order valence-corrected chi connectivity index (χ4v) is 4.56. The number of nitrogens with zero attached hydrogens (tertiary/aromatic N) is 2. The number of nitrogens with one attached hydrogen (secondary N) is 1. The lowest BCUT2D eigenvalue weighted by Crippen LogP contribution is -2.58. The van der Waals surface area contributed by atoms with Crippen molar-refractivity contribution in [2.45, 2.75) is 19.4 Å². The molecule has 37 heavy (non-hydrogen) atoms. The van der Waals surface area contributed by atoms with Crippen molar-refractivity contribution in [3.8, 4) is 0 Å². The second-order valence-corrected chi connectivity index (χ2v) is 9.24. The Morgan fingerprint density at radius 2 is 1.70 bits per heavy atom. The molecule has 0 radical (unpaired) electrons. The predicted molar refractivity (Wildman–Crippen MR) is 141 cm³/mol. The molecule has 2 amide bonds. The van der Waals surface area contributed by atoms with E-state index in [2.05, 4.69) is 5.32 Å². The average molecular weight is 520 g/mol. The van der Waals surface area contributed by atoms with Gasteiger partial charge in [-0.15, -0.1) is 0 Å². The summed E-state index contributed by atoms with van der Waals surface area (Å²) in [5, 5.41) is 12.4. The third kappa shape index (κ3) is 6.16. The topological polar surface area (TPSA) is 107 Å². The molecule has 0 aliphatic carbocycles. The van der Waals surface area contributed by atoms with Gasteiger partial charge < -0.3 is 20.2 Å². The number of aromatic carboxylic acids is 1. The SMILES string of the molecule is CC(=O)c1ccc(Cl)cc1N1CCN(C(Cc2ccccc2)C(=O)Nc2ccc(C(=O)O)cc2)C(=O)C1. The van der Waals surface area contributed by atoms with Crippen LogP contribution in [0.15, 0.2) is 72.8 Å². The Kier molecular flexibility index (Phi) is 7.89. The number of anilines is 2.